The quantitative estimate of drug-likeness (QED) is 0.564. The number of aromatic amines is 1. The Kier molecular flexibility index (Phi) is 4.76. The van der Waals surface area contributed by atoms with E-state index in [0.29, 0.717) is 5.69 Å². The monoisotopic (exact) mass is 423 g/mol. The highest BCUT2D eigenvalue weighted by atomic mass is 79.9. The van der Waals surface area contributed by atoms with Crippen LogP contribution in [0.3, 0.4) is 0 Å². The van der Waals surface area contributed by atoms with Crippen LogP contribution in [0.1, 0.15) is 10.5 Å². The Hall–Kier alpha value is -1.67. The van der Waals surface area contributed by atoms with Crippen LogP contribution in [-0.2, 0) is 0 Å². The SMILES string of the molecule is C[N+]1=C2C=C[C@H](NC(=O)c3ccc(Br)[nH]3)[C@@H]2N(CC[Si](C)(C)C)C1=O. The molecule has 0 saturated carbocycles. The number of rotatable bonds is 5. The third kappa shape index (κ3) is 3.64. The van der Waals surface area contributed by atoms with Crippen LogP contribution in [0.25, 0.3) is 0 Å². The van der Waals surface area contributed by atoms with Gasteiger partial charge in [0.15, 0.2) is 11.8 Å². The molecule has 0 fully saturated rings. The summed E-state index contributed by atoms with van der Waals surface area (Å²) >= 11 is 3.31. The summed E-state index contributed by atoms with van der Waals surface area (Å²) in [6.45, 7) is 7.64. The first-order valence-corrected chi connectivity index (χ1v) is 12.9. The molecule has 0 aromatic carbocycles. The van der Waals surface area contributed by atoms with Crippen LogP contribution in [0.2, 0.25) is 25.7 Å². The van der Waals surface area contributed by atoms with Crippen molar-refractivity contribution in [3.8, 4) is 0 Å². The highest BCUT2D eigenvalue weighted by Gasteiger charge is 2.51. The highest BCUT2D eigenvalue weighted by Crippen LogP contribution is 2.24. The van der Waals surface area contributed by atoms with Crippen molar-refractivity contribution in [1.29, 1.82) is 0 Å². The molecular weight excluding hydrogens is 400 g/mol. The Balaban J connectivity index is 1.76. The minimum absolute atomic E-state index is 0.0180. The van der Waals surface area contributed by atoms with Gasteiger partial charge in [-0.3, -0.25) is 4.79 Å². The van der Waals surface area contributed by atoms with Gasteiger partial charge in [0, 0.05) is 8.07 Å². The number of halogens is 1. The predicted molar refractivity (Wildman–Crippen MR) is 104 cm³/mol. The van der Waals surface area contributed by atoms with Crippen molar-refractivity contribution in [2.75, 3.05) is 13.6 Å². The summed E-state index contributed by atoms with van der Waals surface area (Å²) in [5.74, 6) is -0.172. The number of hydrogen-bond acceptors (Lipinski definition) is 2. The first-order chi connectivity index (χ1) is 11.7. The third-order valence-corrected chi connectivity index (χ3v) is 6.85. The van der Waals surface area contributed by atoms with E-state index in [-0.39, 0.29) is 24.0 Å². The van der Waals surface area contributed by atoms with Crippen LogP contribution >= 0.6 is 15.9 Å². The van der Waals surface area contributed by atoms with Gasteiger partial charge < -0.3 is 10.3 Å². The van der Waals surface area contributed by atoms with Crippen LogP contribution in [0.15, 0.2) is 28.9 Å². The van der Waals surface area contributed by atoms with E-state index in [2.05, 4.69) is 45.9 Å². The zero-order chi connectivity index (χ0) is 18.4. The molecule has 3 rings (SSSR count). The molecule has 0 saturated heterocycles. The number of carbonyl (C=O) groups excluding carboxylic acids is 2. The maximum Gasteiger partial charge on any atom is 0.494 e. The van der Waals surface area contributed by atoms with Crippen molar-refractivity contribution in [3.05, 3.63) is 34.6 Å². The van der Waals surface area contributed by atoms with Crippen LogP contribution in [0.5, 0.6) is 0 Å². The summed E-state index contributed by atoms with van der Waals surface area (Å²) in [7, 11) is 0.538. The van der Waals surface area contributed by atoms with Crippen molar-refractivity contribution in [3.63, 3.8) is 0 Å². The lowest BCUT2D eigenvalue weighted by Gasteiger charge is -2.24. The first kappa shape index (κ1) is 18.1. The molecule has 2 heterocycles. The molecule has 2 atom stereocenters. The minimum atomic E-state index is -1.26. The molecule has 6 nitrogen and oxygen atoms in total. The molecule has 3 amide bonds. The normalized spacial score (nSPS) is 22.8. The van der Waals surface area contributed by atoms with Crippen LogP contribution in [0, 0.1) is 0 Å². The van der Waals surface area contributed by atoms with E-state index in [0.717, 1.165) is 22.9 Å². The highest BCUT2D eigenvalue weighted by molar-refractivity contribution is 9.10. The summed E-state index contributed by atoms with van der Waals surface area (Å²) in [4.78, 5) is 30.0. The molecule has 0 spiro atoms. The molecule has 1 aliphatic carbocycles. The van der Waals surface area contributed by atoms with Gasteiger partial charge in [-0.2, -0.15) is 9.37 Å². The molecule has 0 unspecified atom stereocenters. The average molecular weight is 424 g/mol. The second kappa shape index (κ2) is 6.57. The molecule has 25 heavy (non-hydrogen) atoms. The molecule has 8 heteroatoms. The molecule has 2 N–H and O–H groups in total. The summed E-state index contributed by atoms with van der Waals surface area (Å²) in [6.07, 6.45) is 3.92. The Bertz CT molecular complexity index is 778. The number of urea groups is 1. The Morgan fingerprint density at radius 2 is 2.12 bits per heavy atom. The summed E-state index contributed by atoms with van der Waals surface area (Å²) in [5.41, 5.74) is 1.46. The van der Waals surface area contributed by atoms with Gasteiger partial charge in [0.05, 0.1) is 24.2 Å². The van der Waals surface area contributed by atoms with E-state index >= 15 is 0 Å². The van der Waals surface area contributed by atoms with E-state index in [9.17, 15) is 9.59 Å². The second-order valence-corrected chi connectivity index (χ2v) is 14.3. The van der Waals surface area contributed by atoms with E-state index < -0.39 is 8.07 Å². The van der Waals surface area contributed by atoms with Gasteiger partial charge in [0.25, 0.3) is 5.91 Å². The standard InChI is InChI=1S/C17H23BrN4O2Si/c1-21-13-7-5-11(20-16(23)12-6-8-14(18)19-12)15(13)22(17(21)24)9-10-25(2,3)4/h5-8,11,15H,9-10H2,1-4H3,(H-,19,20,23)/p+1/t11-,15-/m0/s1. The molecule has 1 aliphatic heterocycles. The predicted octanol–water partition coefficient (Wildman–Crippen LogP) is 2.67. The zero-order valence-corrected chi connectivity index (χ0v) is 17.6. The average Bonchev–Trinajstić information content (AvgIpc) is 3.17. The molecule has 0 bridgehead atoms. The van der Waals surface area contributed by atoms with Gasteiger partial charge >= 0.3 is 6.03 Å². The number of hydrogen-bond donors (Lipinski definition) is 2. The van der Waals surface area contributed by atoms with Gasteiger partial charge in [-0.15, -0.1) is 0 Å². The lowest BCUT2D eigenvalue weighted by Crippen LogP contribution is -2.51. The maximum absolute atomic E-state index is 12.6. The number of nitrogens with zero attached hydrogens (tertiary/aromatic N) is 2. The van der Waals surface area contributed by atoms with Gasteiger partial charge in [-0.05, 0) is 40.2 Å². The van der Waals surface area contributed by atoms with Crippen LogP contribution < -0.4 is 5.32 Å². The van der Waals surface area contributed by atoms with Gasteiger partial charge in [-0.1, -0.05) is 25.7 Å². The van der Waals surface area contributed by atoms with E-state index in [4.69, 9.17) is 0 Å². The number of amides is 3. The molecule has 0 radical (unpaired) electrons. The topological polar surface area (TPSA) is 68.2 Å². The minimum Gasteiger partial charge on any atom is -0.345 e. The number of H-pyrrole nitrogens is 1. The number of aromatic nitrogens is 1. The summed E-state index contributed by atoms with van der Waals surface area (Å²) in [5, 5.41) is 3.04. The number of nitrogens with one attached hydrogen (secondary N) is 2. The summed E-state index contributed by atoms with van der Waals surface area (Å²) in [6, 6.07) is 4.27. The van der Waals surface area contributed by atoms with E-state index in [1.54, 1.807) is 23.8 Å². The van der Waals surface area contributed by atoms with Crippen molar-refractivity contribution >= 4 is 41.7 Å². The van der Waals surface area contributed by atoms with Gasteiger partial charge in [0.2, 0.25) is 0 Å². The third-order valence-electron chi connectivity index (χ3n) is 4.67. The second-order valence-electron chi connectivity index (χ2n) is 7.79. The maximum atomic E-state index is 12.6. The van der Waals surface area contributed by atoms with E-state index in [1.165, 1.54) is 0 Å². The molecule has 2 aliphatic rings. The Morgan fingerprint density at radius 3 is 2.72 bits per heavy atom. The summed E-state index contributed by atoms with van der Waals surface area (Å²) < 4.78 is 2.46. The van der Waals surface area contributed by atoms with Crippen molar-refractivity contribution < 1.29 is 14.2 Å². The smallest absolute Gasteiger partial charge is 0.345 e. The molecule has 134 valence electrons. The van der Waals surface area contributed by atoms with Crippen molar-refractivity contribution in [1.82, 2.24) is 15.2 Å². The fourth-order valence-corrected chi connectivity index (χ4v) is 4.48. The number of carbonyl (C=O) groups is 2. The Morgan fingerprint density at radius 1 is 1.40 bits per heavy atom. The lowest BCUT2D eigenvalue weighted by molar-refractivity contribution is -0.391. The van der Waals surface area contributed by atoms with Crippen LogP contribution in [-0.4, -0.2) is 65.9 Å². The first-order valence-electron chi connectivity index (χ1n) is 8.42. The molecular formula is C17H24BrN4O2Si+. The van der Waals surface area contributed by atoms with E-state index in [1.807, 2.05) is 17.1 Å². The van der Waals surface area contributed by atoms with Crippen molar-refractivity contribution in [2.45, 2.75) is 37.8 Å². The number of fused-ring (bicyclic) bond motifs is 1. The fourth-order valence-electron chi connectivity index (χ4n) is 3.22. The van der Waals surface area contributed by atoms with Gasteiger partial charge in [-0.25, -0.2) is 4.90 Å². The zero-order valence-electron chi connectivity index (χ0n) is 15.0. The molecule has 1 aromatic heterocycles. The largest absolute Gasteiger partial charge is 0.494 e. The lowest BCUT2D eigenvalue weighted by atomic mass is 10.1. The van der Waals surface area contributed by atoms with Crippen LogP contribution in [0.4, 0.5) is 4.79 Å². The van der Waals surface area contributed by atoms with Gasteiger partial charge in [0.1, 0.15) is 5.69 Å². The van der Waals surface area contributed by atoms with Crippen molar-refractivity contribution in [2.24, 2.45) is 0 Å². The fraction of sp³-hybridized carbons (Fsp3) is 0.471. The Labute approximate surface area is 157 Å². The molecule has 1 aromatic rings.